The van der Waals surface area contributed by atoms with Crippen LogP contribution >= 0.6 is 11.6 Å². The van der Waals surface area contributed by atoms with Crippen LogP contribution < -0.4 is 0 Å². The van der Waals surface area contributed by atoms with Crippen molar-refractivity contribution in [2.45, 2.75) is 18.2 Å². The minimum Gasteiger partial charge on any atom is -0.251 e. The molecule has 1 aromatic rings. The van der Waals surface area contributed by atoms with Crippen molar-refractivity contribution < 1.29 is 26.3 Å². The molecule has 0 unspecified atom stereocenters. The van der Waals surface area contributed by atoms with Crippen molar-refractivity contribution in [3.8, 4) is 0 Å². The summed E-state index contributed by atoms with van der Waals surface area (Å²) < 4.78 is 74.2. The molecule has 0 radical (unpaired) electrons. The summed E-state index contributed by atoms with van der Waals surface area (Å²) in [4.78, 5) is 2.72. The lowest BCUT2D eigenvalue weighted by molar-refractivity contribution is -0.165. The third-order valence-corrected chi connectivity index (χ3v) is 2.02. The van der Waals surface area contributed by atoms with Crippen molar-refractivity contribution in [3.63, 3.8) is 0 Å². The molecule has 0 aliphatic carbocycles. The van der Waals surface area contributed by atoms with Gasteiger partial charge < -0.3 is 0 Å². The molecule has 8 heteroatoms. The van der Waals surface area contributed by atoms with Crippen molar-refractivity contribution >= 4 is 11.6 Å². The normalized spacial score (nSPS) is 12.9. The molecule has 0 N–H and O–H groups in total. The van der Waals surface area contributed by atoms with Gasteiger partial charge in [-0.2, -0.15) is 26.3 Å². The highest BCUT2D eigenvalue weighted by molar-refractivity contribution is 6.17. The number of nitrogens with zero attached hydrogens (tertiary/aromatic N) is 1. The Labute approximate surface area is 91.0 Å². The van der Waals surface area contributed by atoms with Crippen LogP contribution in [0.15, 0.2) is 12.3 Å². The fraction of sp³-hybridized carbons (Fsp3) is 0.375. The summed E-state index contributed by atoms with van der Waals surface area (Å²) in [5, 5.41) is 0. The fourth-order valence-electron chi connectivity index (χ4n) is 1.14. The number of halogens is 7. The van der Waals surface area contributed by atoms with Crippen molar-refractivity contribution in [2.75, 3.05) is 0 Å². The number of aromatic nitrogens is 1. The Morgan fingerprint density at radius 3 is 2.00 bits per heavy atom. The summed E-state index contributed by atoms with van der Waals surface area (Å²) in [6, 6.07) is 0.811. The molecule has 0 bridgehead atoms. The predicted molar refractivity (Wildman–Crippen MR) is 43.8 cm³/mol. The first-order valence-electron chi connectivity index (χ1n) is 3.86. The minimum absolute atomic E-state index is 0.642. The average Bonchev–Trinajstić information content (AvgIpc) is 2.13. The molecule has 0 aliphatic heterocycles. The third kappa shape index (κ3) is 2.58. The van der Waals surface area contributed by atoms with E-state index in [1.165, 1.54) is 0 Å². The molecule has 0 atom stereocenters. The van der Waals surface area contributed by atoms with Gasteiger partial charge in [-0.05, 0) is 11.6 Å². The van der Waals surface area contributed by atoms with Crippen molar-refractivity contribution in [2.24, 2.45) is 0 Å². The van der Waals surface area contributed by atoms with Gasteiger partial charge in [0.2, 0.25) is 0 Å². The molecule has 1 heterocycles. The van der Waals surface area contributed by atoms with Crippen LogP contribution in [0.25, 0.3) is 0 Å². The summed E-state index contributed by atoms with van der Waals surface area (Å²) in [5.41, 5.74) is -4.42. The Kier molecular flexibility index (Phi) is 3.37. The molecular weight excluding hydrogens is 260 g/mol. The molecule has 0 saturated heterocycles. The van der Waals surface area contributed by atoms with E-state index in [4.69, 9.17) is 11.6 Å². The molecule has 1 aromatic heterocycles. The molecule has 0 aromatic carbocycles. The van der Waals surface area contributed by atoms with Gasteiger partial charge in [0.25, 0.3) is 0 Å². The fourth-order valence-corrected chi connectivity index (χ4v) is 1.37. The van der Waals surface area contributed by atoms with E-state index < -0.39 is 35.1 Å². The Bertz CT molecular complexity index is 383. The monoisotopic (exact) mass is 263 g/mol. The highest BCUT2D eigenvalue weighted by Crippen LogP contribution is 2.41. The number of alkyl halides is 7. The predicted octanol–water partition coefficient (Wildman–Crippen LogP) is 3.86. The lowest BCUT2D eigenvalue weighted by Crippen LogP contribution is -2.20. The molecule has 0 saturated carbocycles. The maximum absolute atomic E-state index is 12.4. The average molecular weight is 264 g/mol. The van der Waals surface area contributed by atoms with Gasteiger partial charge in [0, 0.05) is 12.1 Å². The molecule has 0 spiro atoms. The molecule has 16 heavy (non-hydrogen) atoms. The topological polar surface area (TPSA) is 12.9 Å². The van der Waals surface area contributed by atoms with Crippen LogP contribution in [0.2, 0.25) is 0 Å². The Balaban J connectivity index is 3.51. The first-order chi connectivity index (χ1) is 7.18. The second kappa shape index (κ2) is 4.12. The highest BCUT2D eigenvalue weighted by atomic mass is 35.5. The van der Waals surface area contributed by atoms with E-state index in [0.29, 0.717) is 6.20 Å². The SMILES string of the molecule is FC(F)(F)c1nccc(CCl)c1C(F)(F)F. The highest BCUT2D eigenvalue weighted by Gasteiger charge is 2.45. The molecule has 1 rings (SSSR count). The van der Waals surface area contributed by atoms with Gasteiger partial charge in [0.1, 0.15) is 0 Å². The zero-order valence-electron chi connectivity index (χ0n) is 7.45. The minimum atomic E-state index is -5.16. The van der Waals surface area contributed by atoms with Crippen LogP contribution in [0.4, 0.5) is 26.3 Å². The van der Waals surface area contributed by atoms with E-state index >= 15 is 0 Å². The summed E-state index contributed by atoms with van der Waals surface area (Å²) in [5.74, 6) is -0.666. The number of hydrogen-bond donors (Lipinski definition) is 0. The van der Waals surface area contributed by atoms with Crippen LogP contribution in [0, 0.1) is 0 Å². The standard InChI is InChI=1S/C8H4ClF6N/c9-3-4-1-2-16-6(8(13,14)15)5(4)7(10,11)12/h1-2H,3H2. The van der Waals surface area contributed by atoms with Crippen molar-refractivity contribution in [3.05, 3.63) is 29.1 Å². The zero-order chi connectivity index (χ0) is 12.6. The van der Waals surface area contributed by atoms with E-state index in [9.17, 15) is 26.3 Å². The second-order valence-electron chi connectivity index (χ2n) is 2.82. The lowest BCUT2D eigenvalue weighted by Gasteiger charge is -2.16. The van der Waals surface area contributed by atoms with Crippen LogP contribution in [-0.2, 0) is 18.2 Å². The Morgan fingerprint density at radius 2 is 1.62 bits per heavy atom. The van der Waals surface area contributed by atoms with Gasteiger partial charge in [0.05, 0.1) is 5.56 Å². The van der Waals surface area contributed by atoms with Gasteiger partial charge >= 0.3 is 12.4 Å². The Hall–Kier alpha value is -0.980. The first-order valence-corrected chi connectivity index (χ1v) is 4.39. The van der Waals surface area contributed by atoms with Gasteiger partial charge in [-0.1, -0.05) is 0 Å². The van der Waals surface area contributed by atoms with Gasteiger partial charge in [0.15, 0.2) is 5.69 Å². The number of hydrogen-bond acceptors (Lipinski definition) is 1. The summed E-state index contributed by atoms with van der Waals surface area (Å²) in [6.45, 7) is 0. The van der Waals surface area contributed by atoms with E-state index in [1.807, 2.05) is 0 Å². The molecule has 90 valence electrons. The first kappa shape index (κ1) is 13.1. The molecular formula is C8H4ClF6N. The smallest absolute Gasteiger partial charge is 0.251 e. The van der Waals surface area contributed by atoms with Gasteiger partial charge in [-0.25, -0.2) is 0 Å². The lowest BCUT2D eigenvalue weighted by atomic mass is 10.1. The quantitative estimate of drug-likeness (QED) is 0.554. The maximum atomic E-state index is 12.4. The van der Waals surface area contributed by atoms with Crippen LogP contribution in [0.3, 0.4) is 0 Å². The Morgan fingerprint density at radius 1 is 1.06 bits per heavy atom. The molecule has 1 nitrogen and oxygen atoms in total. The second-order valence-corrected chi connectivity index (χ2v) is 3.09. The van der Waals surface area contributed by atoms with Crippen molar-refractivity contribution in [1.82, 2.24) is 4.98 Å². The summed E-state index contributed by atoms with van der Waals surface area (Å²) in [6.07, 6.45) is -9.65. The molecule has 0 fully saturated rings. The van der Waals surface area contributed by atoms with E-state index in [1.54, 1.807) is 0 Å². The molecule has 0 aliphatic rings. The van der Waals surface area contributed by atoms with E-state index in [0.717, 1.165) is 6.07 Å². The van der Waals surface area contributed by atoms with Crippen LogP contribution in [0.5, 0.6) is 0 Å². The summed E-state index contributed by atoms with van der Waals surface area (Å²) in [7, 11) is 0. The number of rotatable bonds is 1. The van der Waals surface area contributed by atoms with E-state index in [2.05, 4.69) is 4.98 Å². The summed E-state index contributed by atoms with van der Waals surface area (Å²) >= 11 is 5.17. The largest absolute Gasteiger partial charge is 0.433 e. The maximum Gasteiger partial charge on any atom is 0.433 e. The van der Waals surface area contributed by atoms with Gasteiger partial charge in [-0.15, -0.1) is 11.6 Å². The number of pyridine rings is 1. The zero-order valence-corrected chi connectivity index (χ0v) is 8.21. The van der Waals surface area contributed by atoms with Gasteiger partial charge in [-0.3, -0.25) is 4.98 Å². The van der Waals surface area contributed by atoms with E-state index in [-0.39, 0.29) is 0 Å². The molecule has 0 amide bonds. The van der Waals surface area contributed by atoms with Crippen molar-refractivity contribution in [1.29, 1.82) is 0 Å². The van der Waals surface area contributed by atoms with Crippen LogP contribution in [-0.4, -0.2) is 4.98 Å². The third-order valence-electron chi connectivity index (χ3n) is 1.73. The van der Waals surface area contributed by atoms with Crippen LogP contribution in [0.1, 0.15) is 16.8 Å².